The summed E-state index contributed by atoms with van der Waals surface area (Å²) < 4.78 is 13.6. The number of hydrogen-bond acceptors (Lipinski definition) is 1. The molecule has 1 fully saturated rings. The number of rotatable bonds is 4. The van der Waals surface area contributed by atoms with Crippen LogP contribution in [0.25, 0.3) is 0 Å². The second kappa shape index (κ2) is 4.41. The Morgan fingerprint density at radius 2 is 2.24 bits per heavy atom. The zero-order valence-corrected chi connectivity index (χ0v) is 11.1. The molecule has 2 rings (SSSR count). The van der Waals surface area contributed by atoms with Crippen molar-refractivity contribution in [2.75, 3.05) is 0 Å². The fraction of sp³-hybridized carbons (Fsp3) is 0.462. The fourth-order valence-electron chi connectivity index (χ4n) is 2.18. The van der Waals surface area contributed by atoms with Crippen molar-refractivity contribution in [2.45, 2.75) is 26.2 Å². The summed E-state index contributed by atoms with van der Waals surface area (Å²) in [6.07, 6.45) is 2.39. The molecule has 0 heterocycles. The molecule has 1 unspecified atom stereocenters. The third-order valence-corrected chi connectivity index (χ3v) is 4.28. The van der Waals surface area contributed by atoms with Crippen molar-refractivity contribution in [3.8, 4) is 0 Å². The molecule has 17 heavy (non-hydrogen) atoms. The monoisotopic (exact) mass is 300 g/mol. The lowest BCUT2D eigenvalue weighted by molar-refractivity contribution is -0.149. The van der Waals surface area contributed by atoms with Gasteiger partial charge in [-0.05, 0) is 49.8 Å². The van der Waals surface area contributed by atoms with E-state index in [0.29, 0.717) is 10.9 Å². The first-order valence-electron chi connectivity index (χ1n) is 5.61. The van der Waals surface area contributed by atoms with E-state index < -0.39 is 11.4 Å². The van der Waals surface area contributed by atoms with Gasteiger partial charge in [-0.15, -0.1) is 0 Å². The Bertz CT molecular complexity index is 457. The van der Waals surface area contributed by atoms with Gasteiger partial charge < -0.3 is 5.11 Å². The van der Waals surface area contributed by atoms with Crippen molar-refractivity contribution >= 4 is 21.9 Å². The number of carboxylic acid groups (broad SMARTS) is 1. The lowest BCUT2D eigenvalue weighted by Crippen LogP contribution is -2.32. The molecule has 2 nitrogen and oxygen atoms in total. The highest BCUT2D eigenvalue weighted by atomic mass is 79.9. The predicted molar refractivity (Wildman–Crippen MR) is 66.3 cm³/mol. The average Bonchev–Trinajstić information content (AvgIpc) is 3.05. The Balaban J connectivity index is 2.26. The van der Waals surface area contributed by atoms with Gasteiger partial charge in [0.05, 0.1) is 5.41 Å². The van der Waals surface area contributed by atoms with Gasteiger partial charge in [-0.2, -0.15) is 0 Å². The summed E-state index contributed by atoms with van der Waals surface area (Å²) in [6.45, 7) is 1.78. The molecule has 0 spiro atoms. The molecule has 1 aliphatic carbocycles. The zero-order valence-electron chi connectivity index (χ0n) is 9.54. The topological polar surface area (TPSA) is 37.3 Å². The van der Waals surface area contributed by atoms with Crippen LogP contribution in [0.4, 0.5) is 4.39 Å². The molecule has 0 amide bonds. The molecule has 0 bridgehead atoms. The predicted octanol–water partition coefficient (Wildman–Crippen LogP) is 3.63. The van der Waals surface area contributed by atoms with Crippen molar-refractivity contribution in [1.82, 2.24) is 0 Å². The maximum Gasteiger partial charge on any atom is 0.309 e. The quantitative estimate of drug-likeness (QED) is 0.922. The van der Waals surface area contributed by atoms with Gasteiger partial charge >= 0.3 is 5.97 Å². The van der Waals surface area contributed by atoms with Crippen LogP contribution in [0.15, 0.2) is 22.7 Å². The lowest BCUT2D eigenvalue weighted by Gasteiger charge is -2.25. The van der Waals surface area contributed by atoms with Crippen LogP contribution in [0.1, 0.15) is 25.3 Å². The van der Waals surface area contributed by atoms with E-state index in [2.05, 4.69) is 15.9 Å². The number of carboxylic acids is 1. The second-order valence-electron chi connectivity index (χ2n) is 4.91. The van der Waals surface area contributed by atoms with Gasteiger partial charge in [-0.25, -0.2) is 4.39 Å². The zero-order chi connectivity index (χ0) is 12.6. The summed E-state index contributed by atoms with van der Waals surface area (Å²) in [5, 5.41) is 9.36. The summed E-state index contributed by atoms with van der Waals surface area (Å²) in [4.78, 5) is 11.4. The Morgan fingerprint density at radius 1 is 1.59 bits per heavy atom. The van der Waals surface area contributed by atoms with E-state index in [9.17, 15) is 14.3 Å². The molecule has 0 aromatic heterocycles. The molecular formula is C13H14BrFO2. The lowest BCUT2D eigenvalue weighted by atomic mass is 9.79. The van der Waals surface area contributed by atoms with Crippen LogP contribution in [-0.4, -0.2) is 11.1 Å². The standard InChI is InChI=1S/C13H14BrFO2/c1-13(12(16)17,9-3-4-9)7-8-2-5-10(15)6-11(8)14/h2,5-6,9H,3-4,7H2,1H3,(H,16,17). The molecule has 1 atom stereocenters. The Labute approximate surface area is 108 Å². The van der Waals surface area contributed by atoms with E-state index in [1.807, 2.05) is 0 Å². The second-order valence-corrected chi connectivity index (χ2v) is 5.76. The van der Waals surface area contributed by atoms with Crippen LogP contribution >= 0.6 is 15.9 Å². The van der Waals surface area contributed by atoms with Gasteiger partial charge in [0.25, 0.3) is 0 Å². The number of hydrogen-bond donors (Lipinski definition) is 1. The van der Waals surface area contributed by atoms with Crippen LogP contribution in [-0.2, 0) is 11.2 Å². The van der Waals surface area contributed by atoms with Crippen LogP contribution in [0, 0.1) is 17.2 Å². The fourth-order valence-corrected chi connectivity index (χ4v) is 2.67. The Kier molecular flexibility index (Phi) is 3.25. The Hall–Kier alpha value is -0.900. The molecule has 4 heteroatoms. The summed E-state index contributed by atoms with van der Waals surface area (Å²) in [7, 11) is 0. The first-order chi connectivity index (χ1) is 7.93. The van der Waals surface area contributed by atoms with Gasteiger partial charge in [0.2, 0.25) is 0 Å². The molecule has 1 saturated carbocycles. The molecule has 1 aromatic carbocycles. The van der Waals surface area contributed by atoms with Crippen LogP contribution in [0.2, 0.25) is 0 Å². The highest BCUT2D eigenvalue weighted by Gasteiger charge is 2.47. The highest BCUT2D eigenvalue weighted by molar-refractivity contribution is 9.10. The van der Waals surface area contributed by atoms with Crippen molar-refractivity contribution in [3.05, 3.63) is 34.1 Å². The van der Waals surface area contributed by atoms with Gasteiger partial charge in [0.15, 0.2) is 0 Å². The van der Waals surface area contributed by atoms with Crippen LogP contribution < -0.4 is 0 Å². The maximum atomic E-state index is 13.0. The molecule has 92 valence electrons. The minimum absolute atomic E-state index is 0.247. The SMILES string of the molecule is CC(Cc1ccc(F)cc1Br)(C(=O)O)C1CC1. The van der Waals surface area contributed by atoms with Crippen molar-refractivity contribution in [3.63, 3.8) is 0 Å². The number of aliphatic carboxylic acids is 1. The van der Waals surface area contributed by atoms with Crippen LogP contribution in [0.5, 0.6) is 0 Å². The molecule has 0 saturated heterocycles. The number of carbonyl (C=O) groups is 1. The third-order valence-electron chi connectivity index (χ3n) is 3.54. The smallest absolute Gasteiger partial charge is 0.309 e. The molecule has 1 aliphatic rings. The minimum Gasteiger partial charge on any atom is -0.481 e. The molecule has 1 aromatic rings. The third kappa shape index (κ3) is 2.51. The van der Waals surface area contributed by atoms with Crippen molar-refractivity contribution in [2.24, 2.45) is 11.3 Å². The summed E-state index contributed by atoms with van der Waals surface area (Å²) in [6, 6.07) is 4.41. The van der Waals surface area contributed by atoms with Gasteiger partial charge in [-0.1, -0.05) is 22.0 Å². The van der Waals surface area contributed by atoms with E-state index >= 15 is 0 Å². The van der Waals surface area contributed by atoms with E-state index in [4.69, 9.17) is 0 Å². The Morgan fingerprint density at radius 3 is 2.71 bits per heavy atom. The van der Waals surface area contributed by atoms with Gasteiger partial charge in [0.1, 0.15) is 5.82 Å². The van der Waals surface area contributed by atoms with E-state index in [1.54, 1.807) is 13.0 Å². The number of halogens is 2. The largest absolute Gasteiger partial charge is 0.481 e. The maximum absolute atomic E-state index is 13.0. The summed E-state index contributed by atoms with van der Waals surface area (Å²) in [5.41, 5.74) is 0.114. The molecular weight excluding hydrogens is 287 g/mol. The van der Waals surface area contributed by atoms with E-state index in [-0.39, 0.29) is 11.7 Å². The highest BCUT2D eigenvalue weighted by Crippen LogP contribution is 2.48. The summed E-state index contributed by atoms with van der Waals surface area (Å²) >= 11 is 3.29. The number of benzene rings is 1. The van der Waals surface area contributed by atoms with Gasteiger partial charge in [-0.3, -0.25) is 4.79 Å². The molecule has 0 aliphatic heterocycles. The van der Waals surface area contributed by atoms with E-state index in [0.717, 1.165) is 18.4 Å². The summed E-state index contributed by atoms with van der Waals surface area (Å²) in [5.74, 6) is -0.836. The van der Waals surface area contributed by atoms with Gasteiger partial charge in [0, 0.05) is 4.47 Å². The van der Waals surface area contributed by atoms with Crippen molar-refractivity contribution in [1.29, 1.82) is 0 Å². The minimum atomic E-state index is -0.767. The first kappa shape index (κ1) is 12.6. The molecule has 0 radical (unpaired) electrons. The average molecular weight is 301 g/mol. The van der Waals surface area contributed by atoms with Crippen LogP contribution in [0.3, 0.4) is 0 Å². The normalized spacial score (nSPS) is 18.8. The first-order valence-corrected chi connectivity index (χ1v) is 6.40. The van der Waals surface area contributed by atoms with E-state index in [1.165, 1.54) is 12.1 Å². The molecule has 1 N–H and O–H groups in total. The van der Waals surface area contributed by atoms with Crippen molar-refractivity contribution < 1.29 is 14.3 Å².